The van der Waals surface area contributed by atoms with E-state index in [1.54, 1.807) is 11.5 Å². The summed E-state index contributed by atoms with van der Waals surface area (Å²) < 4.78 is 83.1. The smallest absolute Gasteiger partial charge is 0.406 e. The monoisotopic (exact) mass is 572 g/mol. The second-order valence-electron chi connectivity index (χ2n) is 7.67. The molecule has 0 bridgehead atoms. The van der Waals surface area contributed by atoms with Gasteiger partial charge in [0, 0.05) is 16.4 Å². The molecule has 2 aromatic heterocycles. The molecule has 0 aliphatic heterocycles. The molecule has 4 rings (SSSR count). The Bertz CT molecular complexity index is 1430. The molecule has 0 saturated heterocycles. The van der Waals surface area contributed by atoms with Crippen molar-refractivity contribution < 1.29 is 35.9 Å². The summed E-state index contributed by atoms with van der Waals surface area (Å²) >= 11 is 3.24. The number of alkyl halides is 6. The number of rotatable bonds is 5. The van der Waals surface area contributed by atoms with Gasteiger partial charge in [-0.05, 0) is 48.9 Å². The number of pyridine rings is 1. The summed E-state index contributed by atoms with van der Waals surface area (Å²) in [5.74, 6) is -1.06. The lowest BCUT2D eigenvalue weighted by atomic mass is 10.1. The Kier molecular flexibility index (Phi) is 6.69. The molecular weight excluding hydrogens is 558 g/mol. The molecule has 0 saturated carbocycles. The molecule has 2 heterocycles. The van der Waals surface area contributed by atoms with Crippen LogP contribution in [0.2, 0.25) is 0 Å². The van der Waals surface area contributed by atoms with E-state index >= 15 is 0 Å². The van der Waals surface area contributed by atoms with Gasteiger partial charge in [-0.1, -0.05) is 28.1 Å². The molecule has 0 radical (unpaired) electrons. The second kappa shape index (κ2) is 9.45. The molecule has 1 N–H and O–H groups in total. The summed E-state index contributed by atoms with van der Waals surface area (Å²) in [5, 5.41) is 2.75. The quantitative estimate of drug-likeness (QED) is 0.269. The van der Waals surface area contributed by atoms with E-state index in [0.717, 1.165) is 0 Å². The van der Waals surface area contributed by atoms with E-state index in [1.165, 1.54) is 48.8 Å². The lowest BCUT2D eigenvalue weighted by molar-refractivity contribution is -0.274. The van der Waals surface area contributed by atoms with Crippen LogP contribution in [0, 0.1) is 6.92 Å². The molecule has 0 aliphatic carbocycles. The SMILES string of the molecule is Cc1c(NC(=O)c2cc(C(F)(F)F)nc3ccc(Br)cc23)ncn1Cc1ccc(OC(F)(F)F)cc1. The average molecular weight is 573 g/mol. The fourth-order valence-electron chi connectivity index (χ4n) is 3.42. The zero-order valence-electron chi connectivity index (χ0n) is 18.2. The molecular formula is C23H15BrF6N4O2. The average Bonchev–Trinajstić information content (AvgIpc) is 3.11. The summed E-state index contributed by atoms with van der Waals surface area (Å²) in [6.07, 6.45) is -8.16. The highest BCUT2D eigenvalue weighted by molar-refractivity contribution is 9.10. The van der Waals surface area contributed by atoms with E-state index < -0.39 is 24.1 Å². The number of anilines is 1. The summed E-state index contributed by atoms with van der Waals surface area (Å²) in [7, 11) is 0. The van der Waals surface area contributed by atoms with Crippen molar-refractivity contribution in [2.45, 2.75) is 26.0 Å². The summed E-state index contributed by atoms with van der Waals surface area (Å²) in [6, 6.07) is 10.3. The molecule has 0 fully saturated rings. The Balaban J connectivity index is 1.57. The number of carbonyl (C=O) groups excluding carboxylic acids is 1. The first-order valence-corrected chi connectivity index (χ1v) is 10.9. The molecule has 0 unspecified atom stereocenters. The van der Waals surface area contributed by atoms with Crippen LogP contribution in [0.15, 0.2) is 59.3 Å². The van der Waals surface area contributed by atoms with E-state index in [9.17, 15) is 31.1 Å². The predicted octanol–water partition coefficient (Wildman–Crippen LogP) is 6.72. The van der Waals surface area contributed by atoms with Crippen molar-refractivity contribution in [3.05, 3.63) is 81.8 Å². The molecule has 2 aromatic carbocycles. The van der Waals surface area contributed by atoms with Gasteiger partial charge in [0.2, 0.25) is 0 Å². The van der Waals surface area contributed by atoms with Crippen molar-refractivity contribution >= 4 is 38.6 Å². The number of halogens is 7. The van der Waals surface area contributed by atoms with Crippen LogP contribution < -0.4 is 10.1 Å². The predicted molar refractivity (Wildman–Crippen MR) is 122 cm³/mol. The lowest BCUT2D eigenvalue weighted by Gasteiger charge is -2.12. The lowest BCUT2D eigenvalue weighted by Crippen LogP contribution is -2.17. The zero-order valence-corrected chi connectivity index (χ0v) is 19.8. The standard InChI is InChI=1S/C23H15BrF6N4O2/c1-12-20(31-11-34(12)10-13-2-5-15(6-3-13)36-23(28,29)30)33-21(35)17-9-19(22(25,26)27)32-18-7-4-14(24)8-16(17)18/h2-9,11H,10H2,1H3,(H,33,35). The number of fused-ring (bicyclic) bond motifs is 1. The van der Waals surface area contributed by atoms with Gasteiger partial charge in [-0.25, -0.2) is 9.97 Å². The van der Waals surface area contributed by atoms with E-state index in [2.05, 4.69) is 36.0 Å². The van der Waals surface area contributed by atoms with Crippen molar-refractivity contribution in [1.29, 1.82) is 0 Å². The maximum absolute atomic E-state index is 13.4. The summed E-state index contributed by atoms with van der Waals surface area (Å²) in [5.41, 5.74) is -0.332. The zero-order chi connectivity index (χ0) is 26.3. The van der Waals surface area contributed by atoms with E-state index in [1.807, 2.05) is 0 Å². The first kappa shape index (κ1) is 25.5. The minimum absolute atomic E-state index is 0.00150. The maximum atomic E-state index is 13.4. The number of nitrogens with zero attached hydrogens (tertiary/aromatic N) is 3. The van der Waals surface area contributed by atoms with Crippen LogP contribution in [0.4, 0.5) is 32.2 Å². The molecule has 13 heteroatoms. The Morgan fingerprint density at radius 2 is 1.75 bits per heavy atom. The van der Waals surface area contributed by atoms with Crippen LogP contribution in [0.25, 0.3) is 10.9 Å². The number of hydrogen-bond acceptors (Lipinski definition) is 4. The largest absolute Gasteiger partial charge is 0.573 e. The second-order valence-corrected chi connectivity index (χ2v) is 8.58. The Hall–Kier alpha value is -3.61. The minimum Gasteiger partial charge on any atom is -0.406 e. The van der Waals surface area contributed by atoms with Gasteiger partial charge in [0.1, 0.15) is 11.4 Å². The van der Waals surface area contributed by atoms with Gasteiger partial charge in [0.25, 0.3) is 5.91 Å². The topological polar surface area (TPSA) is 69.0 Å². The van der Waals surface area contributed by atoms with Gasteiger partial charge in [-0.2, -0.15) is 13.2 Å². The molecule has 0 spiro atoms. The molecule has 0 aliphatic rings. The summed E-state index contributed by atoms with van der Waals surface area (Å²) in [4.78, 5) is 20.8. The first-order chi connectivity index (χ1) is 16.8. The van der Waals surface area contributed by atoms with Gasteiger partial charge in [-0.3, -0.25) is 4.79 Å². The number of ether oxygens (including phenoxy) is 1. The highest BCUT2D eigenvalue weighted by Crippen LogP contribution is 2.32. The van der Waals surface area contributed by atoms with Crippen molar-refractivity contribution in [2.24, 2.45) is 0 Å². The van der Waals surface area contributed by atoms with Crippen molar-refractivity contribution in [3.8, 4) is 5.75 Å². The Labute approximate surface area is 208 Å². The van der Waals surface area contributed by atoms with E-state index in [0.29, 0.717) is 21.8 Å². The number of aromatic nitrogens is 3. The number of imidazole rings is 1. The van der Waals surface area contributed by atoms with Crippen LogP contribution >= 0.6 is 15.9 Å². The maximum Gasteiger partial charge on any atom is 0.573 e. The fraction of sp³-hybridized carbons (Fsp3) is 0.174. The molecule has 4 aromatic rings. The number of nitrogens with one attached hydrogen (secondary N) is 1. The summed E-state index contributed by atoms with van der Waals surface area (Å²) in [6.45, 7) is 1.84. The minimum atomic E-state index is -4.80. The van der Waals surface area contributed by atoms with Gasteiger partial charge in [0.05, 0.1) is 23.1 Å². The van der Waals surface area contributed by atoms with Crippen LogP contribution in [0.3, 0.4) is 0 Å². The van der Waals surface area contributed by atoms with Gasteiger partial charge < -0.3 is 14.6 Å². The van der Waals surface area contributed by atoms with Crippen molar-refractivity contribution in [2.75, 3.05) is 5.32 Å². The highest BCUT2D eigenvalue weighted by atomic mass is 79.9. The third-order valence-electron chi connectivity index (χ3n) is 5.15. The number of carbonyl (C=O) groups is 1. The van der Waals surface area contributed by atoms with Crippen LogP contribution in [0.1, 0.15) is 27.3 Å². The molecule has 6 nitrogen and oxygen atoms in total. The third kappa shape index (κ3) is 5.78. The molecule has 36 heavy (non-hydrogen) atoms. The normalized spacial score (nSPS) is 12.1. The van der Waals surface area contributed by atoms with Crippen molar-refractivity contribution in [1.82, 2.24) is 14.5 Å². The molecule has 0 atom stereocenters. The van der Waals surface area contributed by atoms with Gasteiger partial charge in [0.15, 0.2) is 5.82 Å². The van der Waals surface area contributed by atoms with Gasteiger partial charge >= 0.3 is 12.5 Å². The van der Waals surface area contributed by atoms with E-state index in [-0.39, 0.29) is 34.6 Å². The Morgan fingerprint density at radius 1 is 1.06 bits per heavy atom. The van der Waals surface area contributed by atoms with Crippen molar-refractivity contribution in [3.63, 3.8) is 0 Å². The highest BCUT2D eigenvalue weighted by Gasteiger charge is 2.34. The first-order valence-electron chi connectivity index (χ1n) is 10.2. The number of amides is 1. The van der Waals surface area contributed by atoms with Crippen LogP contribution in [-0.4, -0.2) is 26.8 Å². The van der Waals surface area contributed by atoms with E-state index in [4.69, 9.17) is 0 Å². The Morgan fingerprint density at radius 3 is 2.39 bits per heavy atom. The van der Waals surface area contributed by atoms with Crippen LogP contribution in [0.5, 0.6) is 5.75 Å². The van der Waals surface area contributed by atoms with Gasteiger partial charge in [-0.15, -0.1) is 13.2 Å². The number of hydrogen-bond donors (Lipinski definition) is 1. The fourth-order valence-corrected chi connectivity index (χ4v) is 3.79. The third-order valence-corrected chi connectivity index (χ3v) is 5.64. The molecule has 1 amide bonds. The van der Waals surface area contributed by atoms with Crippen LogP contribution in [-0.2, 0) is 12.7 Å². The number of benzene rings is 2. The molecule has 188 valence electrons.